The van der Waals surface area contributed by atoms with Crippen molar-refractivity contribution in [2.45, 2.75) is 18.3 Å². The number of fused-ring (bicyclic) bond motifs is 16. The Morgan fingerprint density at radius 3 is 1.54 bits per heavy atom. The van der Waals surface area contributed by atoms with Crippen LogP contribution in [-0.4, -0.2) is 4.98 Å². The number of para-hydroxylation sites is 1. The van der Waals surface area contributed by atoms with Gasteiger partial charge in [-0.15, -0.1) is 0 Å². The third-order valence-electron chi connectivity index (χ3n) is 10.6. The first-order valence-electron chi connectivity index (χ1n) is 16.3. The van der Waals surface area contributed by atoms with Gasteiger partial charge in [-0.1, -0.05) is 146 Å². The fourth-order valence-electron chi connectivity index (χ4n) is 8.81. The van der Waals surface area contributed by atoms with E-state index in [1.165, 1.54) is 88.6 Å². The van der Waals surface area contributed by atoms with E-state index in [1.54, 1.807) is 0 Å². The van der Waals surface area contributed by atoms with Crippen molar-refractivity contribution in [3.8, 4) is 22.3 Å². The fourth-order valence-corrected chi connectivity index (χ4v) is 8.81. The summed E-state index contributed by atoms with van der Waals surface area (Å²) in [6.07, 6.45) is 1.68. The molecule has 0 bridgehead atoms. The minimum atomic E-state index is -0.440. The highest BCUT2D eigenvalue weighted by Gasteiger charge is 2.48. The van der Waals surface area contributed by atoms with E-state index in [-0.39, 0.29) is 0 Å². The van der Waals surface area contributed by atoms with Crippen molar-refractivity contribution in [2.75, 3.05) is 0 Å². The Bertz CT molecular complexity index is 2450. The third kappa shape index (κ3) is 3.40. The summed E-state index contributed by atoms with van der Waals surface area (Å²) in [5.41, 5.74) is 18.2. The molecule has 1 heteroatoms. The molecule has 46 heavy (non-hydrogen) atoms. The average Bonchev–Trinajstić information content (AvgIpc) is 3.63. The maximum absolute atomic E-state index is 3.73. The molecule has 2 aliphatic rings. The monoisotopic (exact) mass is 585 g/mol. The summed E-state index contributed by atoms with van der Waals surface area (Å²) in [4.78, 5) is 3.73. The van der Waals surface area contributed by atoms with Gasteiger partial charge in [0.15, 0.2) is 0 Å². The molecule has 0 aliphatic heterocycles. The zero-order chi connectivity index (χ0) is 30.2. The van der Waals surface area contributed by atoms with E-state index >= 15 is 0 Å². The number of hydrogen-bond donors (Lipinski definition) is 1. The Hall–Kier alpha value is -5.66. The lowest BCUT2D eigenvalue weighted by Gasteiger charge is -2.37. The van der Waals surface area contributed by atoms with Crippen molar-refractivity contribution in [2.24, 2.45) is 0 Å². The Balaban J connectivity index is 1.39. The lowest BCUT2D eigenvalue weighted by atomic mass is 9.64. The summed E-state index contributed by atoms with van der Waals surface area (Å²) < 4.78 is 0. The van der Waals surface area contributed by atoms with Gasteiger partial charge in [-0.05, 0) is 91.7 Å². The van der Waals surface area contributed by atoms with Gasteiger partial charge in [-0.25, -0.2) is 0 Å². The predicted molar refractivity (Wildman–Crippen MR) is 191 cm³/mol. The highest BCUT2D eigenvalue weighted by Crippen LogP contribution is 2.58. The largest absolute Gasteiger partial charge is 0.354 e. The summed E-state index contributed by atoms with van der Waals surface area (Å²) in [5, 5.41) is 2.60. The quantitative estimate of drug-likeness (QED) is 0.182. The zero-order valence-electron chi connectivity index (χ0n) is 25.4. The molecule has 1 spiro atoms. The van der Waals surface area contributed by atoms with Gasteiger partial charge in [0.25, 0.3) is 0 Å². The molecule has 7 aromatic carbocycles. The molecule has 1 nitrogen and oxygen atoms in total. The van der Waals surface area contributed by atoms with E-state index in [0.29, 0.717) is 0 Å². The lowest BCUT2D eigenvalue weighted by Crippen LogP contribution is -2.31. The molecule has 10 rings (SSSR count). The molecule has 0 fully saturated rings. The van der Waals surface area contributed by atoms with Crippen molar-refractivity contribution in [1.29, 1.82) is 0 Å². The van der Waals surface area contributed by atoms with E-state index in [2.05, 4.69) is 163 Å². The minimum absolute atomic E-state index is 0.440. The van der Waals surface area contributed by atoms with Gasteiger partial charge in [0.05, 0.1) is 5.41 Å². The van der Waals surface area contributed by atoms with Crippen molar-refractivity contribution in [1.82, 2.24) is 4.98 Å². The molecule has 216 valence electrons. The number of rotatable bonds is 0. The summed E-state index contributed by atoms with van der Waals surface area (Å²) in [6.45, 7) is 0. The van der Waals surface area contributed by atoms with Gasteiger partial charge < -0.3 is 4.98 Å². The van der Waals surface area contributed by atoms with Crippen LogP contribution in [0.4, 0.5) is 0 Å². The molecule has 2 aliphatic carbocycles. The van der Waals surface area contributed by atoms with Crippen LogP contribution >= 0.6 is 0 Å². The molecule has 0 saturated carbocycles. The second-order valence-corrected chi connectivity index (χ2v) is 12.9. The first-order valence-corrected chi connectivity index (χ1v) is 16.3. The zero-order valence-corrected chi connectivity index (χ0v) is 25.4. The summed E-state index contributed by atoms with van der Waals surface area (Å²) in [7, 11) is 0. The van der Waals surface area contributed by atoms with E-state index in [1.807, 2.05) is 0 Å². The Kier molecular flexibility index (Phi) is 5.39. The number of nitrogens with one attached hydrogen (secondary N) is 1. The van der Waals surface area contributed by atoms with Crippen LogP contribution in [0.2, 0.25) is 0 Å². The fraction of sp³-hybridized carbons (Fsp3) is 0.0667. The van der Waals surface area contributed by atoms with Crippen LogP contribution in [0.3, 0.4) is 0 Å². The lowest BCUT2D eigenvalue weighted by molar-refractivity contribution is 0.746. The normalized spacial score (nSPS) is 14.1. The molecule has 0 unspecified atom stereocenters. The molecule has 1 heterocycles. The van der Waals surface area contributed by atoms with Crippen LogP contribution in [0.25, 0.3) is 44.1 Å². The Morgan fingerprint density at radius 1 is 0.370 bits per heavy atom. The van der Waals surface area contributed by atoms with Crippen molar-refractivity contribution in [3.05, 3.63) is 202 Å². The smallest absolute Gasteiger partial charge is 0.0719 e. The molecule has 1 N–H and O–H groups in total. The van der Waals surface area contributed by atoms with Gasteiger partial charge in [0.2, 0.25) is 0 Å². The van der Waals surface area contributed by atoms with Gasteiger partial charge in [0.1, 0.15) is 0 Å². The maximum Gasteiger partial charge on any atom is 0.0719 e. The Labute approximate surface area is 268 Å². The molecule has 0 amide bonds. The molecule has 0 atom stereocenters. The first-order chi connectivity index (χ1) is 22.8. The minimum Gasteiger partial charge on any atom is -0.354 e. The van der Waals surface area contributed by atoms with Gasteiger partial charge in [-0.2, -0.15) is 0 Å². The van der Waals surface area contributed by atoms with Crippen molar-refractivity contribution >= 4 is 21.8 Å². The van der Waals surface area contributed by atoms with Gasteiger partial charge >= 0.3 is 0 Å². The van der Waals surface area contributed by atoms with Crippen LogP contribution < -0.4 is 0 Å². The van der Waals surface area contributed by atoms with Crippen LogP contribution in [0.5, 0.6) is 0 Å². The molecule has 0 radical (unpaired) electrons. The highest BCUT2D eigenvalue weighted by atomic mass is 14.7. The van der Waals surface area contributed by atoms with Crippen LogP contribution in [0.15, 0.2) is 158 Å². The molecule has 1 aromatic heterocycles. The predicted octanol–water partition coefficient (Wildman–Crippen LogP) is 10.8. The molecular weight excluding hydrogens is 555 g/mol. The van der Waals surface area contributed by atoms with Gasteiger partial charge in [-0.3, -0.25) is 0 Å². The highest BCUT2D eigenvalue weighted by molar-refractivity contribution is 6.15. The van der Waals surface area contributed by atoms with E-state index in [9.17, 15) is 0 Å². The van der Waals surface area contributed by atoms with Crippen LogP contribution in [0.1, 0.15) is 44.5 Å². The van der Waals surface area contributed by atoms with Crippen LogP contribution in [-0.2, 0) is 18.3 Å². The number of hydrogen-bond acceptors (Lipinski definition) is 0. The van der Waals surface area contributed by atoms with E-state index in [0.717, 1.165) is 12.8 Å². The van der Waals surface area contributed by atoms with E-state index < -0.39 is 5.41 Å². The second kappa shape index (κ2) is 9.67. The number of H-pyrrole nitrogens is 1. The molecule has 0 saturated heterocycles. The maximum atomic E-state index is 3.73. The standard InChI is InChI=1S/C45H31N/c1-4-16-33-29(13-1)27-30-14-2-8-20-37(30)45(39-22-10-5-17-34(39)35-18-6-11-23-40(35)45)38-21-9-3-15-31(38)28-32-25-26-42-44(43(32)33)36-19-7-12-24-41(36)46-42/h1-26,46H,27-28H2. The second-order valence-electron chi connectivity index (χ2n) is 12.9. The van der Waals surface area contributed by atoms with E-state index in [4.69, 9.17) is 0 Å². The number of aromatic nitrogens is 1. The summed E-state index contributed by atoms with van der Waals surface area (Å²) in [6, 6.07) is 59.2. The summed E-state index contributed by atoms with van der Waals surface area (Å²) in [5.74, 6) is 0. The Morgan fingerprint density at radius 2 is 0.870 bits per heavy atom. The van der Waals surface area contributed by atoms with Gasteiger partial charge in [0, 0.05) is 21.8 Å². The number of aromatic amines is 1. The molecular formula is C45H31N. The molecule has 8 aromatic rings. The summed E-state index contributed by atoms with van der Waals surface area (Å²) >= 11 is 0. The third-order valence-corrected chi connectivity index (χ3v) is 10.6. The first kappa shape index (κ1) is 25.6. The average molecular weight is 586 g/mol. The number of benzene rings is 7. The van der Waals surface area contributed by atoms with Crippen LogP contribution in [0, 0.1) is 0 Å². The SMILES string of the molecule is c1ccc2c(c1)Cc1ccccc1C1(c3ccccc3Cc3ccc4[nH]c5ccccc5c4c3-2)c2ccccc2-c2ccccc21. The van der Waals surface area contributed by atoms with Crippen molar-refractivity contribution in [3.63, 3.8) is 0 Å². The van der Waals surface area contributed by atoms with Crippen molar-refractivity contribution < 1.29 is 0 Å². The topological polar surface area (TPSA) is 15.8 Å².